The van der Waals surface area contributed by atoms with Crippen LogP contribution in [-0.4, -0.2) is 95.7 Å². The molecule has 40 heavy (non-hydrogen) atoms. The number of nitrogens with one attached hydrogen (secondary N) is 1. The van der Waals surface area contributed by atoms with Crippen molar-refractivity contribution >= 4 is 75.0 Å². The number of β-lactam (4-membered cyclic amide) rings is 1. The van der Waals surface area contributed by atoms with Gasteiger partial charge < -0.3 is 30.6 Å². The van der Waals surface area contributed by atoms with Gasteiger partial charge in [0.15, 0.2) is 16.1 Å². The molecule has 2 saturated heterocycles. The topological polar surface area (TPSA) is 195 Å². The number of carboxylic acid groups (broad SMARTS) is 1. The number of aliphatic carboxylic acids is 1. The van der Waals surface area contributed by atoms with Gasteiger partial charge in [0.05, 0.1) is 0 Å². The summed E-state index contributed by atoms with van der Waals surface area (Å²) < 4.78 is 10.2. The number of benzene rings is 1. The molecule has 0 radical (unpaired) electrons. The van der Waals surface area contributed by atoms with Gasteiger partial charge in [0.2, 0.25) is 17.4 Å². The van der Waals surface area contributed by atoms with Gasteiger partial charge in [-0.05, 0) is 12.1 Å². The number of nitrogens with two attached hydrogens (primary N) is 1. The number of oxime groups is 1. The SMILES string of the molecule is Nc1nc(C(=NOCCOc2ccccc2)C(=O)NC2C(=O)N3CC(CSc4nncs4)(C(=O)O)CS[C@H]23)ns1. The van der Waals surface area contributed by atoms with Gasteiger partial charge in [-0.2, -0.15) is 9.36 Å². The molecule has 2 unspecified atom stereocenters. The van der Waals surface area contributed by atoms with Crippen LogP contribution < -0.4 is 15.8 Å². The predicted molar refractivity (Wildman–Crippen MR) is 149 cm³/mol. The Bertz CT molecular complexity index is 1390. The second-order valence-electron chi connectivity index (χ2n) is 8.59. The number of para-hydroxylation sites is 1. The van der Waals surface area contributed by atoms with Crippen LogP contribution in [0.4, 0.5) is 5.13 Å². The van der Waals surface area contributed by atoms with Crippen molar-refractivity contribution in [2.75, 3.05) is 37.0 Å². The lowest BCUT2D eigenvalue weighted by atomic mass is 9.89. The normalized spacial score (nSPS) is 22.2. The fourth-order valence-corrected chi connectivity index (χ4v) is 7.66. The molecule has 4 heterocycles. The summed E-state index contributed by atoms with van der Waals surface area (Å²) in [6.45, 7) is 0.228. The van der Waals surface area contributed by atoms with Crippen LogP contribution in [-0.2, 0) is 19.2 Å². The third-order valence-corrected chi connectivity index (χ3v) is 10.2. The van der Waals surface area contributed by atoms with Gasteiger partial charge in [-0.1, -0.05) is 46.5 Å². The first-order valence-corrected chi connectivity index (χ1v) is 15.4. The van der Waals surface area contributed by atoms with Crippen molar-refractivity contribution < 1.29 is 29.1 Å². The van der Waals surface area contributed by atoms with E-state index in [9.17, 15) is 19.5 Å². The van der Waals surface area contributed by atoms with Gasteiger partial charge in [-0.15, -0.1) is 22.0 Å². The first-order chi connectivity index (χ1) is 19.4. The molecule has 3 atom stereocenters. The lowest BCUT2D eigenvalue weighted by Crippen LogP contribution is -2.74. The molecule has 2 aliphatic rings. The summed E-state index contributed by atoms with van der Waals surface area (Å²) in [6.07, 6.45) is 0. The van der Waals surface area contributed by atoms with Gasteiger partial charge >= 0.3 is 5.97 Å². The molecule has 2 amide bonds. The maximum absolute atomic E-state index is 13.2. The molecule has 2 fully saturated rings. The third-order valence-electron chi connectivity index (χ3n) is 5.91. The van der Waals surface area contributed by atoms with Crippen molar-refractivity contribution in [3.8, 4) is 5.75 Å². The molecule has 1 aromatic carbocycles. The van der Waals surface area contributed by atoms with Gasteiger partial charge in [0.25, 0.3) is 5.91 Å². The van der Waals surface area contributed by atoms with Crippen molar-refractivity contribution in [1.82, 2.24) is 29.8 Å². The Morgan fingerprint density at radius 2 is 2.12 bits per heavy atom. The minimum Gasteiger partial charge on any atom is -0.490 e. The minimum atomic E-state index is -1.16. The van der Waals surface area contributed by atoms with E-state index >= 15 is 0 Å². The quantitative estimate of drug-likeness (QED) is 0.0853. The van der Waals surface area contributed by atoms with Crippen LogP contribution in [0.2, 0.25) is 0 Å². The maximum Gasteiger partial charge on any atom is 0.313 e. The second-order valence-corrected chi connectivity index (χ2v) is 12.5. The Morgan fingerprint density at radius 1 is 1.30 bits per heavy atom. The van der Waals surface area contributed by atoms with Gasteiger partial charge in [-0.25, -0.2) is 0 Å². The number of nitrogens with zero attached hydrogens (tertiary/aromatic N) is 6. The molecule has 14 nitrogen and oxygen atoms in total. The highest BCUT2D eigenvalue weighted by molar-refractivity contribution is 8.01. The van der Waals surface area contributed by atoms with Crippen LogP contribution in [0, 0.1) is 5.41 Å². The maximum atomic E-state index is 13.2. The molecule has 210 valence electrons. The third kappa shape index (κ3) is 6.13. The summed E-state index contributed by atoms with van der Waals surface area (Å²) in [7, 11) is 0. The number of fused-ring (bicyclic) bond motifs is 1. The Balaban J connectivity index is 1.20. The number of hydrogen-bond donors (Lipinski definition) is 3. The van der Waals surface area contributed by atoms with Crippen LogP contribution in [0.1, 0.15) is 5.82 Å². The summed E-state index contributed by atoms with van der Waals surface area (Å²) in [4.78, 5) is 49.2. The largest absolute Gasteiger partial charge is 0.490 e. The van der Waals surface area contributed by atoms with E-state index in [1.807, 2.05) is 18.2 Å². The van der Waals surface area contributed by atoms with E-state index < -0.39 is 28.7 Å². The molecular formula is C22H22N8O6S4. The highest BCUT2D eigenvalue weighted by Crippen LogP contribution is 2.44. The number of aromatic nitrogens is 4. The summed E-state index contributed by atoms with van der Waals surface area (Å²) in [5.41, 5.74) is 5.86. The van der Waals surface area contributed by atoms with Crippen molar-refractivity contribution in [2.45, 2.75) is 15.8 Å². The zero-order chi connectivity index (χ0) is 28.1. The molecular weight excluding hydrogens is 601 g/mol. The molecule has 5 rings (SSSR count). The average Bonchev–Trinajstić information content (AvgIpc) is 3.64. The molecule has 0 aliphatic carbocycles. The molecule has 18 heteroatoms. The number of thioether (sulfide) groups is 2. The van der Waals surface area contributed by atoms with Crippen LogP contribution in [0.15, 0.2) is 45.3 Å². The Hall–Kier alpha value is -3.48. The molecule has 3 aromatic rings. The molecule has 4 N–H and O–H groups in total. The van der Waals surface area contributed by atoms with Crippen LogP contribution in [0.3, 0.4) is 0 Å². The number of hydrogen-bond acceptors (Lipinski definition) is 15. The molecule has 2 aliphatic heterocycles. The van der Waals surface area contributed by atoms with Crippen molar-refractivity contribution in [1.29, 1.82) is 0 Å². The van der Waals surface area contributed by atoms with Crippen molar-refractivity contribution in [3.05, 3.63) is 41.7 Å². The minimum absolute atomic E-state index is 0.0205. The second kappa shape index (κ2) is 12.4. The van der Waals surface area contributed by atoms with E-state index in [1.165, 1.54) is 39.8 Å². The standard InChI is InChI=1S/C22H22N8O6S4/c23-20-26-15(29-40-20)13(28-36-7-6-35-12-4-2-1-3-5-12)16(31)25-14-17(32)30-8-22(19(33)34,9-37-18(14)30)10-38-21-27-24-11-39-21/h1-5,11,14,18H,6-10H2,(H,25,31)(H,33,34)(H2,23,26,29)/t14?,18-,22?/m1/s1. The van der Waals surface area contributed by atoms with E-state index in [-0.39, 0.29) is 53.8 Å². The fraction of sp³-hybridized carbons (Fsp3) is 0.364. The highest BCUT2D eigenvalue weighted by atomic mass is 32.2. The first-order valence-electron chi connectivity index (χ1n) is 11.7. The zero-order valence-corrected chi connectivity index (χ0v) is 23.8. The predicted octanol–water partition coefficient (Wildman–Crippen LogP) is 1.03. The monoisotopic (exact) mass is 622 g/mol. The number of rotatable bonds is 12. The van der Waals surface area contributed by atoms with Crippen molar-refractivity contribution in [2.24, 2.45) is 10.6 Å². The number of carbonyl (C=O) groups excluding carboxylic acids is 2. The van der Waals surface area contributed by atoms with E-state index in [4.69, 9.17) is 15.3 Å². The first kappa shape index (κ1) is 28.1. The van der Waals surface area contributed by atoms with E-state index in [1.54, 1.807) is 17.6 Å². The summed E-state index contributed by atoms with van der Waals surface area (Å²) in [5, 5.41) is 24.0. The highest BCUT2D eigenvalue weighted by Gasteiger charge is 2.57. The van der Waals surface area contributed by atoms with Gasteiger partial charge in [-0.3, -0.25) is 14.4 Å². The van der Waals surface area contributed by atoms with E-state index in [0.717, 1.165) is 11.5 Å². The number of anilines is 1. The number of carbonyl (C=O) groups is 3. The molecule has 0 bridgehead atoms. The Labute approximate surface area is 243 Å². The lowest BCUT2D eigenvalue weighted by molar-refractivity contribution is -0.157. The summed E-state index contributed by atoms with van der Waals surface area (Å²) in [5.74, 6) is -0.998. The van der Waals surface area contributed by atoms with Crippen LogP contribution in [0.5, 0.6) is 5.75 Å². The smallest absolute Gasteiger partial charge is 0.313 e. The molecule has 0 saturated carbocycles. The average molecular weight is 623 g/mol. The molecule has 2 aromatic heterocycles. The zero-order valence-electron chi connectivity index (χ0n) is 20.5. The van der Waals surface area contributed by atoms with E-state index in [2.05, 4.69) is 30.0 Å². The summed E-state index contributed by atoms with van der Waals surface area (Å²) >= 11 is 4.80. The van der Waals surface area contributed by atoms with Gasteiger partial charge in [0, 0.05) is 29.6 Å². The number of nitrogen functional groups attached to an aromatic ring is 1. The number of carboxylic acids is 1. The Morgan fingerprint density at radius 3 is 2.83 bits per heavy atom. The number of ether oxygens (including phenoxy) is 1. The molecule has 0 spiro atoms. The number of amides is 2. The van der Waals surface area contributed by atoms with Crippen molar-refractivity contribution in [3.63, 3.8) is 0 Å². The summed E-state index contributed by atoms with van der Waals surface area (Å²) in [6, 6.07) is 8.26. The lowest BCUT2D eigenvalue weighted by Gasteiger charge is -2.53. The Kier molecular flexibility index (Phi) is 8.67. The van der Waals surface area contributed by atoms with E-state index in [0.29, 0.717) is 10.1 Å². The van der Waals surface area contributed by atoms with Crippen LogP contribution in [0.25, 0.3) is 0 Å². The van der Waals surface area contributed by atoms with Gasteiger partial charge in [0.1, 0.15) is 34.7 Å². The van der Waals surface area contributed by atoms with Crippen LogP contribution >= 0.6 is 46.4 Å². The fourth-order valence-electron chi connectivity index (χ4n) is 3.88.